The van der Waals surface area contributed by atoms with Gasteiger partial charge in [-0.05, 0) is 25.0 Å². The number of nitrogens with one attached hydrogen (secondary N) is 2. The molecular weight excluding hydrogens is 369 g/mol. The van der Waals surface area contributed by atoms with Gasteiger partial charge in [-0.2, -0.15) is 0 Å². The highest BCUT2D eigenvalue weighted by Crippen LogP contribution is 2.29. The van der Waals surface area contributed by atoms with Crippen molar-refractivity contribution in [2.24, 2.45) is 5.92 Å². The Bertz CT molecular complexity index is 779. The molecule has 3 rings (SSSR count). The first kappa shape index (κ1) is 19.8. The van der Waals surface area contributed by atoms with Gasteiger partial charge in [-0.1, -0.05) is 25.0 Å². The molecule has 1 saturated carbocycles. The first-order chi connectivity index (χ1) is 13.4. The predicted octanol–water partition coefficient (Wildman–Crippen LogP) is 1.81. The van der Waals surface area contributed by atoms with Gasteiger partial charge in [0.25, 0.3) is 5.91 Å². The van der Waals surface area contributed by atoms with E-state index in [0.717, 1.165) is 31.7 Å². The van der Waals surface area contributed by atoms with Crippen LogP contribution in [0.2, 0.25) is 0 Å². The Morgan fingerprint density at radius 2 is 1.89 bits per heavy atom. The Labute approximate surface area is 161 Å². The molecule has 150 valence electrons. The van der Waals surface area contributed by atoms with Gasteiger partial charge in [-0.3, -0.25) is 19.7 Å². The molecule has 1 heterocycles. The minimum Gasteiger partial charge on any atom is -0.455 e. The molecule has 0 aromatic heterocycles. The topological polar surface area (TPSA) is 105 Å². The summed E-state index contributed by atoms with van der Waals surface area (Å²) in [6, 6.07) is 4.75. The largest absolute Gasteiger partial charge is 0.455 e. The van der Waals surface area contributed by atoms with E-state index in [0.29, 0.717) is 6.54 Å². The highest BCUT2D eigenvalue weighted by Gasteiger charge is 2.39. The molecule has 1 aromatic rings. The van der Waals surface area contributed by atoms with Gasteiger partial charge in [-0.15, -0.1) is 0 Å². The van der Waals surface area contributed by atoms with Gasteiger partial charge in [0.15, 0.2) is 6.61 Å². The number of rotatable bonds is 5. The predicted molar refractivity (Wildman–Crippen MR) is 96.6 cm³/mol. The van der Waals surface area contributed by atoms with Crippen molar-refractivity contribution in [3.63, 3.8) is 0 Å². The lowest BCUT2D eigenvalue weighted by Crippen LogP contribution is -2.38. The van der Waals surface area contributed by atoms with Crippen molar-refractivity contribution < 1.29 is 28.3 Å². The first-order valence-corrected chi connectivity index (χ1v) is 9.25. The first-order valence-electron chi connectivity index (χ1n) is 9.25. The summed E-state index contributed by atoms with van der Waals surface area (Å²) in [7, 11) is 0. The van der Waals surface area contributed by atoms with E-state index < -0.39 is 36.2 Å². The van der Waals surface area contributed by atoms with Crippen LogP contribution in [0.3, 0.4) is 0 Å². The second-order valence-electron chi connectivity index (χ2n) is 6.98. The number of para-hydroxylation sites is 1. The maximum Gasteiger partial charge on any atom is 0.326 e. The molecule has 1 aliphatic carbocycles. The van der Waals surface area contributed by atoms with Crippen molar-refractivity contribution in [2.45, 2.75) is 38.1 Å². The number of benzene rings is 1. The third-order valence-electron chi connectivity index (χ3n) is 4.98. The van der Waals surface area contributed by atoms with Gasteiger partial charge in [-0.25, -0.2) is 9.18 Å². The molecule has 0 spiro atoms. The molecule has 8 nitrogen and oxygen atoms in total. The number of nitrogens with zero attached hydrogens (tertiary/aromatic N) is 1. The Morgan fingerprint density at radius 1 is 1.18 bits per heavy atom. The summed E-state index contributed by atoms with van der Waals surface area (Å²) in [5, 5.41) is 4.14. The molecule has 2 aliphatic rings. The Morgan fingerprint density at radius 3 is 2.61 bits per heavy atom. The molecule has 0 radical (unpaired) electrons. The maximum atomic E-state index is 13.5. The Kier molecular flexibility index (Phi) is 6.23. The van der Waals surface area contributed by atoms with Crippen molar-refractivity contribution in [1.29, 1.82) is 0 Å². The fourth-order valence-corrected chi connectivity index (χ4v) is 3.59. The SMILES string of the molecule is O=C(COC(=O)[C@@H]1CC(=O)N(C2CCCC2)C1)NC(=O)Nc1ccccc1F. The molecule has 28 heavy (non-hydrogen) atoms. The number of imide groups is 1. The van der Waals surface area contributed by atoms with E-state index in [1.54, 1.807) is 4.90 Å². The van der Waals surface area contributed by atoms with Crippen molar-refractivity contribution >= 4 is 29.5 Å². The monoisotopic (exact) mass is 391 g/mol. The van der Waals surface area contributed by atoms with Gasteiger partial charge in [0.2, 0.25) is 5.91 Å². The van der Waals surface area contributed by atoms with Crippen molar-refractivity contribution in [1.82, 2.24) is 10.2 Å². The molecule has 1 atom stereocenters. The zero-order valence-corrected chi connectivity index (χ0v) is 15.3. The number of anilines is 1. The van der Waals surface area contributed by atoms with Gasteiger partial charge in [0.1, 0.15) is 5.82 Å². The van der Waals surface area contributed by atoms with E-state index >= 15 is 0 Å². The number of amides is 4. The fraction of sp³-hybridized carbons (Fsp3) is 0.474. The third-order valence-corrected chi connectivity index (χ3v) is 4.98. The molecule has 1 aromatic carbocycles. The number of ether oxygens (including phenoxy) is 1. The molecule has 1 saturated heterocycles. The summed E-state index contributed by atoms with van der Waals surface area (Å²) in [5.74, 6) is -2.80. The smallest absolute Gasteiger partial charge is 0.326 e. The van der Waals surface area contributed by atoms with Gasteiger partial charge >= 0.3 is 12.0 Å². The van der Waals surface area contributed by atoms with E-state index in [2.05, 4.69) is 5.32 Å². The summed E-state index contributed by atoms with van der Waals surface area (Å²) >= 11 is 0. The molecular formula is C19H22FN3O5. The van der Waals surface area contributed by atoms with Crippen LogP contribution in [0, 0.1) is 11.7 Å². The molecule has 2 N–H and O–H groups in total. The van der Waals surface area contributed by atoms with Crippen LogP contribution in [-0.2, 0) is 19.1 Å². The van der Waals surface area contributed by atoms with Gasteiger partial charge in [0.05, 0.1) is 11.6 Å². The number of halogens is 1. The average molecular weight is 391 g/mol. The minimum absolute atomic E-state index is 0.0671. The van der Waals surface area contributed by atoms with Crippen LogP contribution < -0.4 is 10.6 Å². The number of carbonyl (C=O) groups excluding carboxylic acids is 4. The third kappa shape index (κ3) is 4.85. The quantitative estimate of drug-likeness (QED) is 0.745. The van der Waals surface area contributed by atoms with Crippen molar-refractivity contribution in [2.75, 3.05) is 18.5 Å². The zero-order valence-electron chi connectivity index (χ0n) is 15.3. The molecule has 2 fully saturated rings. The summed E-state index contributed by atoms with van der Waals surface area (Å²) in [6.45, 7) is -0.352. The van der Waals surface area contributed by atoms with Crippen LogP contribution in [0.4, 0.5) is 14.9 Å². The van der Waals surface area contributed by atoms with E-state index in [4.69, 9.17) is 4.74 Å². The number of hydrogen-bond acceptors (Lipinski definition) is 5. The molecule has 4 amide bonds. The summed E-state index contributed by atoms with van der Waals surface area (Å²) in [5.41, 5.74) is -0.0822. The number of urea groups is 1. The summed E-state index contributed by atoms with van der Waals surface area (Å²) in [6.07, 6.45) is 4.14. The van der Waals surface area contributed by atoms with E-state index in [1.165, 1.54) is 18.2 Å². The van der Waals surface area contributed by atoms with Crippen LogP contribution in [0.15, 0.2) is 24.3 Å². The zero-order chi connectivity index (χ0) is 20.1. The summed E-state index contributed by atoms with van der Waals surface area (Å²) in [4.78, 5) is 49.5. The molecule has 1 aliphatic heterocycles. The highest BCUT2D eigenvalue weighted by atomic mass is 19.1. The second kappa shape index (κ2) is 8.81. The molecule has 0 bridgehead atoms. The highest BCUT2D eigenvalue weighted by molar-refractivity contribution is 6.02. The van der Waals surface area contributed by atoms with Crippen LogP contribution in [0.5, 0.6) is 0 Å². The van der Waals surface area contributed by atoms with Gasteiger partial charge < -0.3 is 15.0 Å². The molecule has 0 unspecified atom stereocenters. The maximum absolute atomic E-state index is 13.5. The Balaban J connectivity index is 1.41. The van der Waals surface area contributed by atoms with E-state index in [9.17, 15) is 23.6 Å². The average Bonchev–Trinajstić information content (AvgIpc) is 3.31. The number of carbonyl (C=O) groups is 4. The van der Waals surface area contributed by atoms with Crippen LogP contribution in [0.25, 0.3) is 0 Å². The normalized spacial score (nSPS) is 19.5. The van der Waals surface area contributed by atoms with Crippen LogP contribution in [0.1, 0.15) is 32.1 Å². The van der Waals surface area contributed by atoms with Gasteiger partial charge in [0, 0.05) is 19.0 Å². The second-order valence-corrected chi connectivity index (χ2v) is 6.98. The lowest BCUT2D eigenvalue weighted by atomic mass is 10.1. The van der Waals surface area contributed by atoms with Crippen molar-refractivity contribution in [3.05, 3.63) is 30.1 Å². The standard InChI is InChI=1S/C19H22FN3O5/c20-14-7-3-4-8-15(14)21-19(27)22-16(24)11-28-18(26)12-9-17(25)23(10-12)13-5-1-2-6-13/h3-4,7-8,12-13H,1-2,5-6,9-11H2,(H2,21,22,24,27)/t12-/m1/s1. The summed E-state index contributed by atoms with van der Waals surface area (Å²) < 4.78 is 18.4. The number of hydrogen-bond donors (Lipinski definition) is 2. The van der Waals surface area contributed by atoms with Crippen LogP contribution >= 0.6 is 0 Å². The Hall–Kier alpha value is -2.97. The number of likely N-dealkylation sites (tertiary alicyclic amines) is 1. The molecule has 9 heteroatoms. The van der Waals surface area contributed by atoms with E-state index in [1.807, 2.05) is 5.32 Å². The fourth-order valence-electron chi connectivity index (χ4n) is 3.59. The van der Waals surface area contributed by atoms with E-state index in [-0.39, 0.29) is 24.1 Å². The van der Waals surface area contributed by atoms with Crippen LogP contribution in [-0.4, -0.2) is 47.9 Å². The lowest BCUT2D eigenvalue weighted by Gasteiger charge is -2.23. The number of esters is 1. The lowest BCUT2D eigenvalue weighted by molar-refractivity contribution is -0.152. The van der Waals surface area contributed by atoms with Crippen molar-refractivity contribution in [3.8, 4) is 0 Å². The minimum atomic E-state index is -0.936.